The van der Waals surface area contributed by atoms with Gasteiger partial charge < -0.3 is 10.1 Å². The minimum Gasteiger partial charge on any atom is -0.490 e. The minimum absolute atomic E-state index is 0. The van der Waals surface area contributed by atoms with Gasteiger partial charge in [-0.2, -0.15) is 0 Å². The quantitative estimate of drug-likeness (QED) is 0.906. The lowest BCUT2D eigenvalue weighted by Gasteiger charge is -2.13. The van der Waals surface area contributed by atoms with Crippen molar-refractivity contribution in [2.45, 2.75) is 24.9 Å². The van der Waals surface area contributed by atoms with Crippen LogP contribution in [-0.4, -0.2) is 23.7 Å². The van der Waals surface area contributed by atoms with Crippen molar-refractivity contribution in [3.05, 3.63) is 24.5 Å². The maximum absolute atomic E-state index is 5.63. The molecule has 1 N–H and O–H groups in total. The Morgan fingerprint density at radius 2 is 2.25 bits per heavy atom. The van der Waals surface area contributed by atoms with Crippen LogP contribution in [0.5, 0.6) is 5.75 Å². The van der Waals surface area contributed by atoms with Crippen molar-refractivity contribution in [3.63, 3.8) is 0 Å². The zero-order valence-electron chi connectivity index (χ0n) is 8.83. The molecule has 16 heavy (non-hydrogen) atoms. The summed E-state index contributed by atoms with van der Waals surface area (Å²) in [6.45, 7) is 0.776. The zero-order chi connectivity index (χ0) is 9.38. The highest BCUT2D eigenvalue weighted by Gasteiger charge is 2.45. The van der Waals surface area contributed by atoms with Crippen LogP contribution in [0.3, 0.4) is 0 Å². The number of hydrogen-bond donors (Lipinski definition) is 1. The Morgan fingerprint density at radius 1 is 1.38 bits per heavy atom. The highest BCUT2D eigenvalue weighted by molar-refractivity contribution is 5.85. The van der Waals surface area contributed by atoms with Gasteiger partial charge in [0.15, 0.2) is 0 Å². The highest BCUT2D eigenvalue weighted by Crippen LogP contribution is 2.40. The summed E-state index contributed by atoms with van der Waals surface area (Å²) in [7, 11) is 0. The van der Waals surface area contributed by atoms with Gasteiger partial charge in [0.05, 0.1) is 6.20 Å². The van der Waals surface area contributed by atoms with Crippen LogP contribution >= 0.6 is 24.8 Å². The average Bonchev–Trinajstić information content (AvgIpc) is 2.85. The molecule has 3 rings (SSSR count). The Labute approximate surface area is 108 Å². The lowest BCUT2D eigenvalue weighted by molar-refractivity contribution is 0.267. The van der Waals surface area contributed by atoms with Crippen molar-refractivity contribution in [1.29, 1.82) is 0 Å². The third kappa shape index (κ3) is 3.00. The van der Waals surface area contributed by atoms with Crippen LogP contribution in [0.4, 0.5) is 0 Å². The van der Waals surface area contributed by atoms with Crippen LogP contribution in [0.15, 0.2) is 24.5 Å². The number of nitrogens with one attached hydrogen (secondary N) is 1. The number of halogens is 2. The van der Waals surface area contributed by atoms with Crippen LogP contribution in [-0.2, 0) is 0 Å². The van der Waals surface area contributed by atoms with Gasteiger partial charge in [-0.05, 0) is 30.9 Å². The maximum atomic E-state index is 5.63. The van der Waals surface area contributed by atoms with Crippen molar-refractivity contribution in [1.82, 2.24) is 10.3 Å². The second-order valence-electron chi connectivity index (χ2n) is 4.20. The topological polar surface area (TPSA) is 34.1 Å². The minimum atomic E-state index is 0. The van der Waals surface area contributed by atoms with Gasteiger partial charge in [-0.1, -0.05) is 0 Å². The van der Waals surface area contributed by atoms with Gasteiger partial charge >= 0.3 is 0 Å². The van der Waals surface area contributed by atoms with Crippen LogP contribution in [0.1, 0.15) is 12.8 Å². The number of nitrogens with zero attached hydrogens (tertiary/aromatic N) is 1. The summed E-state index contributed by atoms with van der Waals surface area (Å²) in [5.74, 6) is 1.81. The molecule has 1 saturated heterocycles. The Morgan fingerprint density at radius 3 is 2.88 bits per heavy atom. The van der Waals surface area contributed by atoms with Gasteiger partial charge in [-0.15, -0.1) is 24.8 Å². The molecule has 1 aromatic heterocycles. The molecular weight excluding hydrogens is 247 g/mol. The second kappa shape index (κ2) is 5.71. The lowest BCUT2D eigenvalue weighted by atomic mass is 10.2. The summed E-state index contributed by atoms with van der Waals surface area (Å²) in [6.07, 6.45) is 6.18. The van der Waals surface area contributed by atoms with E-state index in [1.54, 1.807) is 12.4 Å². The monoisotopic (exact) mass is 262 g/mol. The number of fused-ring (bicyclic) bond motifs is 1. The van der Waals surface area contributed by atoms with Crippen LogP contribution in [0, 0.1) is 5.92 Å². The molecule has 1 aromatic rings. The first-order chi connectivity index (χ1) is 6.92. The van der Waals surface area contributed by atoms with Crippen LogP contribution in [0.25, 0.3) is 0 Å². The molecule has 1 aliphatic heterocycles. The van der Waals surface area contributed by atoms with Crippen molar-refractivity contribution < 1.29 is 4.74 Å². The molecule has 1 saturated carbocycles. The van der Waals surface area contributed by atoms with Gasteiger partial charge in [0.2, 0.25) is 0 Å². The SMILES string of the molecule is Cl.Cl.c1cncc(OCC2CC3CC3N2)c1. The molecule has 2 fully saturated rings. The highest BCUT2D eigenvalue weighted by atomic mass is 35.5. The molecule has 0 aromatic carbocycles. The lowest BCUT2D eigenvalue weighted by Crippen LogP contribution is -2.31. The molecule has 0 bridgehead atoms. The van der Waals surface area contributed by atoms with E-state index in [0.717, 1.165) is 24.3 Å². The molecule has 90 valence electrons. The third-order valence-corrected chi connectivity index (χ3v) is 3.05. The molecule has 5 heteroatoms. The van der Waals surface area contributed by atoms with Gasteiger partial charge in [-0.25, -0.2) is 0 Å². The fourth-order valence-electron chi connectivity index (χ4n) is 2.19. The summed E-state index contributed by atoms with van der Waals surface area (Å²) in [5.41, 5.74) is 0. The number of pyridine rings is 1. The number of rotatable bonds is 3. The van der Waals surface area contributed by atoms with E-state index >= 15 is 0 Å². The predicted octanol–water partition coefficient (Wildman–Crippen LogP) is 2.05. The number of ether oxygens (including phenoxy) is 1. The fourth-order valence-corrected chi connectivity index (χ4v) is 2.19. The van der Waals surface area contributed by atoms with Crippen molar-refractivity contribution in [3.8, 4) is 5.75 Å². The Bertz CT molecular complexity index is 313. The maximum Gasteiger partial charge on any atom is 0.137 e. The first kappa shape index (κ1) is 13.6. The molecule has 0 radical (unpaired) electrons. The van der Waals surface area contributed by atoms with Crippen LogP contribution < -0.4 is 10.1 Å². The average molecular weight is 263 g/mol. The van der Waals surface area contributed by atoms with E-state index in [0.29, 0.717) is 6.04 Å². The van der Waals surface area contributed by atoms with E-state index in [9.17, 15) is 0 Å². The Balaban J connectivity index is 0.000000640. The van der Waals surface area contributed by atoms with E-state index in [2.05, 4.69) is 10.3 Å². The molecule has 3 nitrogen and oxygen atoms in total. The number of piperidine rings is 1. The normalized spacial score (nSPS) is 29.6. The molecule has 0 amide bonds. The summed E-state index contributed by atoms with van der Waals surface area (Å²) in [5, 5.41) is 3.55. The number of hydrogen-bond acceptors (Lipinski definition) is 3. The molecule has 2 aliphatic rings. The van der Waals surface area contributed by atoms with Crippen LogP contribution in [0.2, 0.25) is 0 Å². The molecule has 3 atom stereocenters. The van der Waals surface area contributed by atoms with Gasteiger partial charge in [0.1, 0.15) is 12.4 Å². The predicted molar refractivity (Wildman–Crippen MR) is 67.7 cm³/mol. The first-order valence-corrected chi connectivity index (χ1v) is 5.21. The Kier molecular flexibility index (Phi) is 4.84. The number of aromatic nitrogens is 1. The van der Waals surface area contributed by atoms with E-state index in [-0.39, 0.29) is 24.8 Å². The van der Waals surface area contributed by atoms with E-state index in [4.69, 9.17) is 4.74 Å². The van der Waals surface area contributed by atoms with Gasteiger partial charge in [0, 0.05) is 18.3 Å². The first-order valence-electron chi connectivity index (χ1n) is 5.21. The van der Waals surface area contributed by atoms with Gasteiger partial charge in [0.25, 0.3) is 0 Å². The van der Waals surface area contributed by atoms with Gasteiger partial charge in [-0.3, -0.25) is 4.98 Å². The smallest absolute Gasteiger partial charge is 0.137 e. The molecule has 0 spiro atoms. The second-order valence-corrected chi connectivity index (χ2v) is 4.20. The summed E-state index contributed by atoms with van der Waals surface area (Å²) < 4.78 is 5.63. The van der Waals surface area contributed by atoms with E-state index < -0.39 is 0 Å². The molecular formula is C11H16Cl2N2O. The largest absolute Gasteiger partial charge is 0.490 e. The summed E-state index contributed by atoms with van der Waals surface area (Å²) >= 11 is 0. The van der Waals surface area contributed by atoms with Crippen molar-refractivity contribution in [2.75, 3.05) is 6.61 Å². The van der Waals surface area contributed by atoms with Crippen molar-refractivity contribution >= 4 is 24.8 Å². The van der Waals surface area contributed by atoms with Crippen molar-refractivity contribution in [2.24, 2.45) is 5.92 Å². The molecule has 1 aliphatic carbocycles. The molecule has 3 unspecified atom stereocenters. The third-order valence-electron chi connectivity index (χ3n) is 3.05. The molecule has 2 heterocycles. The fraction of sp³-hybridized carbons (Fsp3) is 0.545. The zero-order valence-corrected chi connectivity index (χ0v) is 10.5. The van der Waals surface area contributed by atoms with E-state index in [1.165, 1.54) is 12.8 Å². The van der Waals surface area contributed by atoms with E-state index in [1.807, 2.05) is 12.1 Å². The Hall–Kier alpha value is -0.510. The summed E-state index contributed by atoms with van der Waals surface area (Å²) in [4.78, 5) is 4.01. The standard InChI is InChI=1S/C11H14N2O.2ClH/c1-2-10(6-12-3-1)14-7-9-4-8-5-11(8)13-9;;/h1-3,6,8-9,11,13H,4-5,7H2;2*1H. The summed E-state index contributed by atoms with van der Waals surface area (Å²) in [6, 6.07) is 5.20.